The first kappa shape index (κ1) is 39.9. The molecule has 4 fully saturated rings. The van der Waals surface area contributed by atoms with Crippen LogP contribution in [0, 0.1) is 10.8 Å². The van der Waals surface area contributed by atoms with Crippen LogP contribution >= 0.6 is 0 Å². The molecule has 10 rings (SSSR count). The number of amides is 2. The van der Waals surface area contributed by atoms with Gasteiger partial charge in [-0.05, 0) is 95.6 Å². The smallest absolute Gasteiger partial charge is 0.407 e. The van der Waals surface area contributed by atoms with Crippen LogP contribution in [0.4, 0.5) is 9.59 Å². The van der Waals surface area contributed by atoms with Gasteiger partial charge in [0.25, 0.3) is 0 Å². The zero-order valence-corrected chi connectivity index (χ0v) is 34.8. The predicted octanol–water partition coefficient (Wildman–Crippen LogP) is 9.76. The van der Waals surface area contributed by atoms with Crippen molar-refractivity contribution < 1.29 is 29.3 Å². The van der Waals surface area contributed by atoms with Crippen LogP contribution in [-0.4, -0.2) is 91.7 Å². The quantitative estimate of drug-likeness (QED) is 0.112. The molecule has 4 N–H and O–H groups in total. The van der Waals surface area contributed by atoms with Crippen LogP contribution < -0.4 is 0 Å². The van der Waals surface area contributed by atoms with E-state index >= 15 is 0 Å². The van der Waals surface area contributed by atoms with Crippen LogP contribution in [-0.2, 0) is 22.3 Å². The van der Waals surface area contributed by atoms with E-state index in [0.29, 0.717) is 64.0 Å². The molecule has 0 unspecified atom stereocenters. The van der Waals surface area contributed by atoms with E-state index in [0.717, 1.165) is 72.2 Å². The highest BCUT2D eigenvalue weighted by atomic mass is 16.5. The van der Waals surface area contributed by atoms with Gasteiger partial charge in [0.2, 0.25) is 0 Å². The van der Waals surface area contributed by atoms with Gasteiger partial charge in [-0.2, -0.15) is 0 Å². The summed E-state index contributed by atoms with van der Waals surface area (Å²) in [6.07, 6.45) is 8.22. The lowest BCUT2D eigenvalue weighted by molar-refractivity contribution is 0.0195. The summed E-state index contributed by atoms with van der Waals surface area (Å²) >= 11 is 0. The number of hydrogen-bond donors (Lipinski definition) is 4. The number of nitrogens with one attached hydrogen (secondary N) is 2. The second-order valence-electron chi connectivity index (χ2n) is 17.8. The third-order valence-corrected chi connectivity index (χ3v) is 14.1. The van der Waals surface area contributed by atoms with E-state index in [1.54, 1.807) is 9.80 Å². The molecule has 4 aliphatic rings. The second-order valence-corrected chi connectivity index (χ2v) is 17.8. The lowest BCUT2D eigenvalue weighted by Crippen LogP contribution is -2.35. The van der Waals surface area contributed by atoms with Crippen molar-refractivity contribution in [1.82, 2.24) is 29.7 Å². The minimum absolute atomic E-state index is 0.0760. The van der Waals surface area contributed by atoms with E-state index in [-0.39, 0.29) is 22.9 Å². The van der Waals surface area contributed by atoms with Gasteiger partial charge in [0.15, 0.2) is 0 Å². The molecule has 0 saturated carbocycles. The number of carbonyl (C=O) groups is 2. The van der Waals surface area contributed by atoms with Crippen molar-refractivity contribution in [3.63, 3.8) is 0 Å². The lowest BCUT2D eigenvalue weighted by atomic mass is 9.78. The largest absolute Gasteiger partial charge is 0.465 e. The third-order valence-electron chi connectivity index (χ3n) is 14.1. The summed E-state index contributed by atoms with van der Waals surface area (Å²) < 4.78 is 11.3. The van der Waals surface area contributed by atoms with Crippen LogP contribution in [0.3, 0.4) is 0 Å². The van der Waals surface area contributed by atoms with Gasteiger partial charge in [0, 0.05) is 63.0 Å². The Balaban J connectivity index is 1.01. The van der Waals surface area contributed by atoms with Crippen molar-refractivity contribution in [1.29, 1.82) is 0 Å². The van der Waals surface area contributed by atoms with E-state index in [4.69, 9.17) is 19.4 Å². The highest BCUT2D eigenvalue weighted by Gasteiger charge is 2.49. The molecule has 0 bridgehead atoms. The Morgan fingerprint density at radius 2 is 1.02 bits per heavy atom. The minimum atomic E-state index is -0.920. The fourth-order valence-electron chi connectivity index (χ4n) is 10.7. The van der Waals surface area contributed by atoms with E-state index in [1.165, 1.54) is 22.3 Å². The summed E-state index contributed by atoms with van der Waals surface area (Å²) in [4.78, 5) is 45.1. The molecule has 0 aliphatic carbocycles. The Morgan fingerprint density at radius 3 is 1.52 bits per heavy atom. The van der Waals surface area contributed by atoms with Gasteiger partial charge in [-0.3, -0.25) is 9.80 Å². The second kappa shape index (κ2) is 16.6. The number of ether oxygens (including phenoxy) is 2. The molecule has 4 saturated heterocycles. The first-order chi connectivity index (χ1) is 30.3. The minimum Gasteiger partial charge on any atom is -0.465 e. The zero-order valence-electron chi connectivity index (χ0n) is 34.8. The summed E-state index contributed by atoms with van der Waals surface area (Å²) in [5, 5.41) is 20.5. The maximum absolute atomic E-state index is 12.6. The van der Waals surface area contributed by atoms with Crippen molar-refractivity contribution in [2.24, 2.45) is 10.8 Å². The average Bonchev–Trinajstić information content (AvgIpc) is 4.12. The summed E-state index contributed by atoms with van der Waals surface area (Å²) in [5.74, 6) is 1.35. The van der Waals surface area contributed by atoms with E-state index in [1.807, 2.05) is 24.5 Å². The number of H-pyrrole nitrogens is 2. The molecule has 0 radical (unpaired) electrons. The summed E-state index contributed by atoms with van der Waals surface area (Å²) in [7, 11) is 0. The van der Waals surface area contributed by atoms with Gasteiger partial charge in [0.05, 0.1) is 23.5 Å². The van der Waals surface area contributed by atoms with Crippen molar-refractivity contribution in [3.05, 3.63) is 143 Å². The molecule has 62 heavy (non-hydrogen) atoms. The Labute approximate surface area is 361 Å². The number of aromatic amines is 2. The number of rotatable bonds is 9. The topological polar surface area (TPSA) is 157 Å². The number of nitrogens with zero attached hydrogens (tertiary/aromatic N) is 4. The van der Waals surface area contributed by atoms with Crippen molar-refractivity contribution in [3.8, 4) is 33.6 Å². The first-order valence-electron chi connectivity index (χ1n) is 21.8. The van der Waals surface area contributed by atoms with Gasteiger partial charge < -0.3 is 29.7 Å². The maximum atomic E-state index is 12.6. The molecule has 318 valence electrons. The van der Waals surface area contributed by atoms with Gasteiger partial charge in [-0.25, -0.2) is 19.6 Å². The fraction of sp³-hybridized carbons (Fsp3) is 0.360. The number of benzene rings is 4. The van der Waals surface area contributed by atoms with Gasteiger partial charge in [-0.1, -0.05) is 97.1 Å². The van der Waals surface area contributed by atoms with Gasteiger partial charge in [0.1, 0.15) is 11.6 Å². The van der Waals surface area contributed by atoms with Crippen molar-refractivity contribution in [2.75, 3.05) is 39.5 Å². The highest BCUT2D eigenvalue weighted by molar-refractivity contribution is 5.78. The number of imidazole rings is 2. The molecule has 2 spiro atoms. The van der Waals surface area contributed by atoms with E-state index in [9.17, 15) is 19.8 Å². The van der Waals surface area contributed by atoms with Crippen LogP contribution in [0.2, 0.25) is 0 Å². The van der Waals surface area contributed by atoms with Crippen LogP contribution in [0.5, 0.6) is 0 Å². The lowest BCUT2D eigenvalue weighted by Gasteiger charge is -2.32. The third kappa shape index (κ3) is 7.77. The van der Waals surface area contributed by atoms with E-state index < -0.39 is 12.2 Å². The van der Waals surface area contributed by atoms with Gasteiger partial charge in [-0.15, -0.1) is 0 Å². The first-order valence-corrected chi connectivity index (χ1v) is 21.8. The number of carboxylic acid groups (broad SMARTS) is 2. The number of hydrogen-bond acceptors (Lipinski definition) is 6. The van der Waals surface area contributed by atoms with Gasteiger partial charge >= 0.3 is 12.2 Å². The Kier molecular flexibility index (Phi) is 10.6. The Morgan fingerprint density at radius 1 is 0.581 bits per heavy atom. The summed E-state index contributed by atoms with van der Waals surface area (Å²) in [5.41, 5.74) is 10.3. The normalized spacial score (nSPS) is 20.6. The standard InChI is InChI=1S/C50H52N6O6/c57-47(58)55-31-49(17-21-61-22-18-49)27-43(55)45-51-29-41(53-45)36-13-11-35(12-14-36)37-15-16-38(40(26-34-9-5-2-6-10-34)39(37)25-33-7-3-1-4-8-33)42-30-52-46(54-42)44-28-50(19-23-62-24-20-50)32-56(44)48(59)60/h1-16,29-30,43-44H,17-28,31-32H2,(H,51,53)(H,52,54)(H,57,58)(H,59,60)/t43-,44-/m0/s1. The zero-order chi connectivity index (χ0) is 42.3. The molecule has 4 aromatic carbocycles. The number of likely N-dealkylation sites (tertiary alicyclic amines) is 2. The molecule has 12 heteroatoms. The van der Waals surface area contributed by atoms with Crippen molar-refractivity contribution in [2.45, 2.75) is 63.5 Å². The molecular formula is C50H52N6O6. The van der Waals surface area contributed by atoms with Crippen LogP contribution in [0.15, 0.2) is 109 Å². The Hall–Kier alpha value is -6.24. The summed E-state index contributed by atoms with van der Waals surface area (Å²) in [6, 6.07) is 33.2. The SMILES string of the molecule is O=C(O)N1CC2(CCOCC2)C[C@H]1c1nc(-c2ccc(-c3ccc(-c4c[nH]c([C@@H]5CC6(CCOCC6)CN5C(=O)O)n4)c(Cc4ccccc4)c3Cc3ccccc3)cc2)c[nH]1. The molecular weight excluding hydrogens is 781 g/mol. The molecule has 2 atom stereocenters. The predicted molar refractivity (Wildman–Crippen MR) is 235 cm³/mol. The van der Waals surface area contributed by atoms with Crippen molar-refractivity contribution >= 4 is 12.2 Å². The average molecular weight is 833 g/mol. The molecule has 2 aromatic heterocycles. The molecule has 12 nitrogen and oxygen atoms in total. The monoisotopic (exact) mass is 832 g/mol. The highest BCUT2D eigenvalue weighted by Crippen LogP contribution is 2.50. The fourth-order valence-corrected chi connectivity index (χ4v) is 10.7. The van der Waals surface area contributed by atoms with Crippen LogP contribution in [0.25, 0.3) is 33.6 Å². The molecule has 6 heterocycles. The molecule has 4 aliphatic heterocycles. The van der Waals surface area contributed by atoms with E-state index in [2.05, 4.69) is 94.9 Å². The Bertz CT molecular complexity index is 2540. The molecule has 2 amide bonds. The summed E-state index contributed by atoms with van der Waals surface area (Å²) in [6.45, 7) is 3.62. The maximum Gasteiger partial charge on any atom is 0.407 e. The van der Waals surface area contributed by atoms with Crippen LogP contribution in [0.1, 0.15) is 84.5 Å². The molecule has 6 aromatic rings. The number of aromatic nitrogens is 4.